The van der Waals surface area contributed by atoms with Crippen LogP contribution in [-0.2, 0) is 22.7 Å². The number of piperidine rings is 1. The molecule has 0 aromatic heterocycles. The van der Waals surface area contributed by atoms with Crippen LogP contribution in [0, 0.1) is 17.8 Å². The van der Waals surface area contributed by atoms with E-state index in [1.165, 1.54) is 0 Å². The van der Waals surface area contributed by atoms with E-state index >= 15 is 0 Å². The summed E-state index contributed by atoms with van der Waals surface area (Å²) in [6, 6.07) is 20.2. The minimum Gasteiger partial charge on any atom is -0.396 e. The van der Waals surface area contributed by atoms with Crippen LogP contribution in [0.15, 0.2) is 60.7 Å². The number of ether oxygens (including phenoxy) is 2. The Kier molecular flexibility index (Phi) is 8.65. The van der Waals surface area contributed by atoms with Gasteiger partial charge >= 0.3 is 0 Å². The Labute approximate surface area is 173 Å². The molecule has 0 unspecified atom stereocenters. The average Bonchev–Trinajstić information content (AvgIpc) is 2.76. The van der Waals surface area contributed by atoms with E-state index in [1.807, 2.05) is 60.7 Å². The van der Waals surface area contributed by atoms with Crippen molar-refractivity contribution in [2.24, 2.45) is 17.8 Å². The van der Waals surface area contributed by atoms with Gasteiger partial charge in [0, 0.05) is 30.5 Å². The number of nitrogens with one attached hydrogen (secondary N) is 1. The third kappa shape index (κ3) is 6.11. The lowest BCUT2D eigenvalue weighted by Crippen LogP contribution is -2.60. The van der Waals surface area contributed by atoms with Crippen molar-refractivity contribution in [2.45, 2.75) is 32.2 Å². The lowest BCUT2D eigenvalue weighted by Gasteiger charge is -2.46. The van der Waals surface area contributed by atoms with Crippen LogP contribution in [0.4, 0.5) is 0 Å². The van der Waals surface area contributed by atoms with Gasteiger partial charge in [-0.15, -0.1) is 0 Å². The van der Waals surface area contributed by atoms with E-state index in [-0.39, 0.29) is 43.1 Å². The number of aliphatic hydroxyl groups excluding tert-OH is 2. The van der Waals surface area contributed by atoms with Crippen LogP contribution in [0.3, 0.4) is 0 Å². The van der Waals surface area contributed by atoms with Crippen LogP contribution in [0.5, 0.6) is 0 Å². The van der Waals surface area contributed by atoms with Crippen molar-refractivity contribution in [1.29, 1.82) is 0 Å². The van der Waals surface area contributed by atoms with E-state index in [0.29, 0.717) is 26.4 Å². The molecule has 5 heteroatoms. The fourth-order valence-corrected chi connectivity index (χ4v) is 4.31. The van der Waals surface area contributed by atoms with E-state index in [1.54, 1.807) is 0 Å². The SMILES string of the molecule is C[C@@H]1N[C@H](CO)[C@H](COCc2ccccc2)[C@H](COCc2ccccc2)[C@@H]1CO. The molecular formula is C24H33NO4. The van der Waals surface area contributed by atoms with Gasteiger partial charge in [0.15, 0.2) is 0 Å². The Hall–Kier alpha value is -1.76. The van der Waals surface area contributed by atoms with Crippen LogP contribution in [0.2, 0.25) is 0 Å². The summed E-state index contributed by atoms with van der Waals surface area (Å²) in [5, 5.41) is 23.4. The lowest BCUT2D eigenvalue weighted by molar-refractivity contribution is -0.0629. The summed E-state index contributed by atoms with van der Waals surface area (Å²) in [7, 11) is 0. The molecule has 5 nitrogen and oxygen atoms in total. The van der Waals surface area contributed by atoms with Gasteiger partial charge in [-0.05, 0) is 24.0 Å². The molecule has 1 aliphatic heterocycles. The predicted molar refractivity (Wildman–Crippen MR) is 113 cm³/mol. The standard InChI is InChI=1S/C24H33NO4/c1-18-21(12-26)22(16-28-14-19-8-4-2-5-9-19)23(24(13-27)25-18)17-29-15-20-10-6-3-7-11-20/h2-11,18,21-27H,12-17H2,1H3/t18-,21+,22+,23+,24+/m0/s1. The van der Waals surface area contributed by atoms with Gasteiger partial charge in [-0.3, -0.25) is 0 Å². The van der Waals surface area contributed by atoms with E-state index in [0.717, 1.165) is 11.1 Å². The van der Waals surface area contributed by atoms with Crippen molar-refractivity contribution in [2.75, 3.05) is 26.4 Å². The van der Waals surface area contributed by atoms with Crippen LogP contribution < -0.4 is 5.32 Å². The molecule has 0 bridgehead atoms. The topological polar surface area (TPSA) is 71.0 Å². The molecule has 1 saturated heterocycles. The van der Waals surface area contributed by atoms with Crippen molar-refractivity contribution in [3.05, 3.63) is 71.8 Å². The second-order valence-corrected chi connectivity index (χ2v) is 7.92. The minimum absolute atomic E-state index is 0.0387. The molecule has 29 heavy (non-hydrogen) atoms. The van der Waals surface area contributed by atoms with Crippen molar-refractivity contribution in [3.8, 4) is 0 Å². The van der Waals surface area contributed by atoms with Crippen LogP contribution in [0.25, 0.3) is 0 Å². The van der Waals surface area contributed by atoms with Crippen molar-refractivity contribution in [3.63, 3.8) is 0 Å². The van der Waals surface area contributed by atoms with E-state index in [9.17, 15) is 10.2 Å². The fraction of sp³-hybridized carbons (Fsp3) is 0.500. The van der Waals surface area contributed by atoms with Crippen molar-refractivity contribution < 1.29 is 19.7 Å². The molecule has 3 rings (SSSR count). The Morgan fingerprint density at radius 2 is 1.24 bits per heavy atom. The second-order valence-electron chi connectivity index (χ2n) is 7.92. The molecule has 0 amide bonds. The molecular weight excluding hydrogens is 366 g/mol. The zero-order valence-corrected chi connectivity index (χ0v) is 17.1. The van der Waals surface area contributed by atoms with Gasteiger partial charge in [-0.2, -0.15) is 0 Å². The third-order valence-corrected chi connectivity index (χ3v) is 5.99. The summed E-state index contributed by atoms with van der Waals surface area (Å²) in [6.45, 7) is 4.30. The van der Waals surface area contributed by atoms with Crippen LogP contribution in [0.1, 0.15) is 18.1 Å². The van der Waals surface area contributed by atoms with Gasteiger partial charge in [0.1, 0.15) is 0 Å². The quantitative estimate of drug-likeness (QED) is 0.573. The molecule has 0 spiro atoms. The summed E-state index contributed by atoms with van der Waals surface area (Å²) < 4.78 is 12.1. The zero-order valence-electron chi connectivity index (χ0n) is 17.1. The molecule has 0 radical (unpaired) electrons. The van der Waals surface area contributed by atoms with Gasteiger partial charge in [0.05, 0.1) is 33.0 Å². The van der Waals surface area contributed by atoms with Gasteiger partial charge in [0.25, 0.3) is 0 Å². The molecule has 0 saturated carbocycles. The molecule has 2 aromatic rings. The van der Waals surface area contributed by atoms with Gasteiger partial charge < -0.3 is 25.0 Å². The first kappa shape index (κ1) is 21.9. The first-order valence-electron chi connectivity index (χ1n) is 10.4. The molecule has 2 aromatic carbocycles. The highest BCUT2D eigenvalue weighted by Gasteiger charge is 2.42. The van der Waals surface area contributed by atoms with E-state index < -0.39 is 0 Å². The van der Waals surface area contributed by atoms with Gasteiger partial charge in [-0.1, -0.05) is 60.7 Å². The first-order valence-corrected chi connectivity index (χ1v) is 10.4. The van der Waals surface area contributed by atoms with Gasteiger partial charge in [-0.25, -0.2) is 0 Å². The maximum atomic E-state index is 10.0. The summed E-state index contributed by atoms with van der Waals surface area (Å²) >= 11 is 0. The largest absolute Gasteiger partial charge is 0.396 e. The Morgan fingerprint density at radius 1 is 0.724 bits per heavy atom. The molecule has 5 atom stereocenters. The summed E-state index contributed by atoms with van der Waals surface area (Å²) in [4.78, 5) is 0. The molecule has 1 fully saturated rings. The van der Waals surface area contributed by atoms with E-state index in [4.69, 9.17) is 9.47 Å². The summed E-state index contributed by atoms with van der Waals surface area (Å²) in [5.74, 6) is 0.222. The fourth-order valence-electron chi connectivity index (χ4n) is 4.31. The minimum atomic E-state index is -0.0751. The van der Waals surface area contributed by atoms with Crippen LogP contribution >= 0.6 is 0 Å². The monoisotopic (exact) mass is 399 g/mol. The molecule has 158 valence electrons. The van der Waals surface area contributed by atoms with Gasteiger partial charge in [0.2, 0.25) is 0 Å². The van der Waals surface area contributed by atoms with Crippen molar-refractivity contribution in [1.82, 2.24) is 5.32 Å². The molecule has 0 aliphatic carbocycles. The normalized spacial score (nSPS) is 27.1. The van der Waals surface area contributed by atoms with Crippen LogP contribution in [-0.4, -0.2) is 48.7 Å². The summed E-state index contributed by atoms with van der Waals surface area (Å²) in [5.41, 5.74) is 2.26. The average molecular weight is 400 g/mol. The highest BCUT2D eigenvalue weighted by molar-refractivity contribution is 5.14. The number of benzene rings is 2. The number of hydrogen-bond donors (Lipinski definition) is 3. The predicted octanol–water partition coefficient (Wildman–Crippen LogP) is 2.61. The maximum absolute atomic E-state index is 10.0. The molecule has 1 heterocycles. The lowest BCUT2D eigenvalue weighted by atomic mass is 9.72. The Morgan fingerprint density at radius 3 is 1.72 bits per heavy atom. The highest BCUT2D eigenvalue weighted by atomic mass is 16.5. The maximum Gasteiger partial charge on any atom is 0.0717 e. The Balaban J connectivity index is 1.63. The summed E-state index contributed by atoms with van der Waals surface area (Å²) in [6.07, 6.45) is 0. The molecule has 3 N–H and O–H groups in total. The third-order valence-electron chi connectivity index (χ3n) is 5.99. The Bertz CT molecular complexity index is 697. The highest BCUT2D eigenvalue weighted by Crippen LogP contribution is 2.33. The van der Waals surface area contributed by atoms with E-state index in [2.05, 4.69) is 12.2 Å². The first-order chi connectivity index (χ1) is 14.2. The second kappa shape index (κ2) is 11.4. The number of rotatable bonds is 10. The smallest absolute Gasteiger partial charge is 0.0717 e. The number of aliphatic hydroxyl groups is 2. The van der Waals surface area contributed by atoms with Crippen molar-refractivity contribution >= 4 is 0 Å². The molecule has 1 aliphatic rings. The zero-order chi connectivity index (χ0) is 20.5. The number of hydrogen-bond acceptors (Lipinski definition) is 5.